The van der Waals surface area contributed by atoms with Crippen LogP contribution in [0.5, 0.6) is 0 Å². The van der Waals surface area contributed by atoms with Crippen molar-refractivity contribution in [3.63, 3.8) is 0 Å². The summed E-state index contributed by atoms with van der Waals surface area (Å²) in [6, 6.07) is 3.02. The van der Waals surface area contributed by atoms with Crippen molar-refractivity contribution in [3.8, 4) is 0 Å². The topological polar surface area (TPSA) is 55.1 Å². The molecule has 0 heterocycles. The van der Waals surface area contributed by atoms with Crippen LogP contribution in [0.2, 0.25) is 0 Å². The fraction of sp³-hybridized carbons (Fsp3) is 0.417. The summed E-state index contributed by atoms with van der Waals surface area (Å²) in [5.41, 5.74) is 4.97. The molecule has 3 nitrogen and oxygen atoms in total. The lowest BCUT2D eigenvalue weighted by molar-refractivity contribution is -0.121. The molecule has 100 valence electrons. The fourth-order valence-electron chi connectivity index (χ4n) is 2.07. The summed E-state index contributed by atoms with van der Waals surface area (Å²) >= 11 is 0. The summed E-state index contributed by atoms with van der Waals surface area (Å²) in [6.45, 7) is 0. The summed E-state index contributed by atoms with van der Waals surface area (Å²) in [5.74, 6) is -1.87. The quantitative estimate of drug-likeness (QED) is 0.872. The standard InChI is InChI=1S/C12H14F2N2O.ClH/c13-8-3-4-10(9(14)7-8)16-11(17)12(15)5-1-2-6-12;/h3-4,7H,1-2,5-6,15H2,(H,16,17);1H. The Morgan fingerprint density at radius 1 is 1.28 bits per heavy atom. The first kappa shape index (κ1) is 14.9. The van der Waals surface area contributed by atoms with Gasteiger partial charge in [0.1, 0.15) is 11.6 Å². The van der Waals surface area contributed by atoms with Gasteiger partial charge in [-0.05, 0) is 25.0 Å². The molecule has 0 aromatic heterocycles. The van der Waals surface area contributed by atoms with Gasteiger partial charge in [0, 0.05) is 6.07 Å². The Kier molecular flexibility index (Phi) is 4.65. The maximum absolute atomic E-state index is 13.3. The largest absolute Gasteiger partial charge is 0.322 e. The third-order valence-electron chi connectivity index (χ3n) is 3.13. The van der Waals surface area contributed by atoms with E-state index in [2.05, 4.69) is 5.32 Å². The zero-order chi connectivity index (χ0) is 12.5. The van der Waals surface area contributed by atoms with Crippen LogP contribution in [-0.4, -0.2) is 11.4 Å². The molecule has 0 unspecified atom stereocenters. The molecule has 6 heteroatoms. The molecule has 0 bridgehead atoms. The molecule has 1 saturated carbocycles. The lowest BCUT2D eigenvalue weighted by atomic mass is 9.98. The van der Waals surface area contributed by atoms with E-state index >= 15 is 0 Å². The fourth-order valence-corrected chi connectivity index (χ4v) is 2.07. The lowest BCUT2D eigenvalue weighted by Gasteiger charge is -2.22. The van der Waals surface area contributed by atoms with Gasteiger partial charge in [0.2, 0.25) is 5.91 Å². The third kappa shape index (κ3) is 2.97. The number of hydrogen-bond acceptors (Lipinski definition) is 2. The second-order valence-corrected chi connectivity index (χ2v) is 4.44. The molecule has 1 aromatic rings. The first-order chi connectivity index (χ1) is 8.01. The van der Waals surface area contributed by atoms with E-state index in [1.54, 1.807) is 0 Å². The molecule has 0 atom stereocenters. The zero-order valence-corrected chi connectivity index (χ0v) is 10.5. The van der Waals surface area contributed by atoms with Gasteiger partial charge in [-0.3, -0.25) is 4.79 Å². The van der Waals surface area contributed by atoms with Crippen LogP contribution in [0.3, 0.4) is 0 Å². The van der Waals surface area contributed by atoms with E-state index in [-0.39, 0.29) is 18.1 Å². The normalized spacial score (nSPS) is 17.1. The van der Waals surface area contributed by atoms with E-state index in [1.807, 2.05) is 0 Å². The summed E-state index contributed by atoms with van der Waals surface area (Å²) < 4.78 is 26.0. The minimum atomic E-state index is -0.916. The van der Waals surface area contributed by atoms with Crippen molar-refractivity contribution in [1.82, 2.24) is 0 Å². The predicted octanol–water partition coefficient (Wildman–Crippen LogP) is 2.60. The Morgan fingerprint density at radius 3 is 2.44 bits per heavy atom. The molecule has 1 fully saturated rings. The summed E-state index contributed by atoms with van der Waals surface area (Å²) in [7, 11) is 0. The van der Waals surface area contributed by atoms with Gasteiger partial charge in [0.15, 0.2) is 0 Å². The van der Waals surface area contributed by atoms with Gasteiger partial charge >= 0.3 is 0 Å². The molecular weight excluding hydrogens is 262 g/mol. The van der Waals surface area contributed by atoms with Gasteiger partial charge in [-0.1, -0.05) is 12.8 Å². The van der Waals surface area contributed by atoms with Crippen LogP contribution in [0.15, 0.2) is 18.2 Å². The SMILES string of the molecule is Cl.NC1(C(=O)Nc2ccc(F)cc2F)CCCC1. The molecular formula is C12H15ClF2N2O. The van der Waals surface area contributed by atoms with E-state index in [0.29, 0.717) is 12.8 Å². The van der Waals surface area contributed by atoms with Crippen LogP contribution >= 0.6 is 12.4 Å². The number of halogens is 3. The van der Waals surface area contributed by atoms with Crippen molar-refractivity contribution < 1.29 is 13.6 Å². The molecule has 0 aliphatic heterocycles. The second-order valence-electron chi connectivity index (χ2n) is 4.44. The van der Waals surface area contributed by atoms with Gasteiger partial charge in [-0.25, -0.2) is 8.78 Å². The molecule has 1 amide bonds. The maximum Gasteiger partial charge on any atom is 0.244 e. The molecule has 2 rings (SSSR count). The average molecular weight is 277 g/mol. The minimum absolute atomic E-state index is 0. The third-order valence-corrected chi connectivity index (χ3v) is 3.13. The van der Waals surface area contributed by atoms with E-state index in [9.17, 15) is 13.6 Å². The molecule has 1 aromatic carbocycles. The zero-order valence-electron chi connectivity index (χ0n) is 9.71. The first-order valence-corrected chi connectivity index (χ1v) is 5.57. The summed E-state index contributed by atoms with van der Waals surface area (Å²) in [5, 5.41) is 2.41. The van der Waals surface area contributed by atoms with Gasteiger partial charge < -0.3 is 11.1 Å². The van der Waals surface area contributed by atoms with Crippen molar-refractivity contribution in [2.24, 2.45) is 5.73 Å². The van der Waals surface area contributed by atoms with Crippen molar-refractivity contribution in [2.45, 2.75) is 31.2 Å². The molecule has 3 N–H and O–H groups in total. The van der Waals surface area contributed by atoms with Crippen molar-refractivity contribution >= 4 is 24.0 Å². The van der Waals surface area contributed by atoms with E-state index in [4.69, 9.17) is 5.73 Å². The highest BCUT2D eigenvalue weighted by molar-refractivity contribution is 5.98. The molecule has 1 aliphatic carbocycles. The van der Waals surface area contributed by atoms with Gasteiger partial charge in [-0.15, -0.1) is 12.4 Å². The number of carbonyl (C=O) groups excluding carboxylic acids is 1. The maximum atomic E-state index is 13.3. The van der Waals surface area contributed by atoms with E-state index in [1.165, 1.54) is 6.07 Å². The smallest absolute Gasteiger partial charge is 0.244 e. The molecule has 1 aliphatic rings. The van der Waals surface area contributed by atoms with E-state index in [0.717, 1.165) is 25.0 Å². The summed E-state index contributed by atoms with van der Waals surface area (Å²) in [4.78, 5) is 11.9. The molecule has 0 radical (unpaired) electrons. The number of carbonyl (C=O) groups is 1. The lowest BCUT2D eigenvalue weighted by Crippen LogP contribution is -2.48. The number of anilines is 1. The second kappa shape index (κ2) is 5.63. The Labute approximate surface area is 110 Å². The highest BCUT2D eigenvalue weighted by atomic mass is 35.5. The highest BCUT2D eigenvalue weighted by Gasteiger charge is 2.37. The Balaban J connectivity index is 0.00000162. The Morgan fingerprint density at radius 2 is 1.89 bits per heavy atom. The average Bonchev–Trinajstić information content (AvgIpc) is 2.71. The number of benzene rings is 1. The van der Waals surface area contributed by atoms with Crippen LogP contribution in [0, 0.1) is 11.6 Å². The van der Waals surface area contributed by atoms with Gasteiger partial charge in [-0.2, -0.15) is 0 Å². The van der Waals surface area contributed by atoms with Crippen LogP contribution in [0.4, 0.5) is 14.5 Å². The molecule has 0 saturated heterocycles. The van der Waals surface area contributed by atoms with E-state index < -0.39 is 23.1 Å². The number of rotatable bonds is 2. The van der Waals surface area contributed by atoms with Gasteiger partial charge in [0.25, 0.3) is 0 Å². The van der Waals surface area contributed by atoms with Crippen molar-refractivity contribution in [3.05, 3.63) is 29.8 Å². The first-order valence-electron chi connectivity index (χ1n) is 5.57. The molecule has 18 heavy (non-hydrogen) atoms. The van der Waals surface area contributed by atoms with Gasteiger partial charge in [0.05, 0.1) is 11.2 Å². The number of amides is 1. The highest BCUT2D eigenvalue weighted by Crippen LogP contribution is 2.28. The van der Waals surface area contributed by atoms with Crippen molar-refractivity contribution in [2.75, 3.05) is 5.32 Å². The minimum Gasteiger partial charge on any atom is -0.322 e. The molecule has 0 spiro atoms. The number of nitrogens with one attached hydrogen (secondary N) is 1. The monoisotopic (exact) mass is 276 g/mol. The summed E-state index contributed by atoms with van der Waals surface area (Å²) in [6.07, 6.45) is 2.99. The number of nitrogens with two attached hydrogens (primary N) is 1. The van der Waals surface area contributed by atoms with Crippen LogP contribution in [0.25, 0.3) is 0 Å². The van der Waals surface area contributed by atoms with Crippen molar-refractivity contribution in [1.29, 1.82) is 0 Å². The predicted molar refractivity (Wildman–Crippen MR) is 67.6 cm³/mol. The van der Waals surface area contributed by atoms with Crippen LogP contribution in [-0.2, 0) is 4.79 Å². The number of hydrogen-bond donors (Lipinski definition) is 2. The van der Waals surface area contributed by atoms with Crippen LogP contribution in [0.1, 0.15) is 25.7 Å². The van der Waals surface area contributed by atoms with Crippen LogP contribution < -0.4 is 11.1 Å². The Hall–Kier alpha value is -1.20. The Bertz CT molecular complexity index is 448.